The Bertz CT molecular complexity index is 655. The fourth-order valence-corrected chi connectivity index (χ4v) is 3.17. The van der Waals surface area contributed by atoms with Gasteiger partial charge in [0.15, 0.2) is 0 Å². The lowest BCUT2D eigenvalue weighted by molar-refractivity contribution is -0.116. The molecule has 0 aliphatic carbocycles. The SMILES string of the molecule is CC(CNS(=O)(=O)C(C)C)c1ccc(NC(=O)CCCCN(C)C)cc1. The highest BCUT2D eigenvalue weighted by Crippen LogP contribution is 2.18. The van der Waals surface area contributed by atoms with Crippen molar-refractivity contribution >= 4 is 21.6 Å². The summed E-state index contributed by atoms with van der Waals surface area (Å²) >= 11 is 0. The molecule has 0 aliphatic rings. The minimum atomic E-state index is -3.25. The number of rotatable bonds is 11. The first-order valence-electron chi connectivity index (χ1n) is 9.15. The van der Waals surface area contributed by atoms with Gasteiger partial charge in [0.2, 0.25) is 15.9 Å². The zero-order chi connectivity index (χ0) is 19.7. The number of anilines is 1. The second-order valence-corrected chi connectivity index (χ2v) is 9.60. The van der Waals surface area contributed by atoms with Crippen LogP contribution < -0.4 is 10.0 Å². The van der Waals surface area contributed by atoms with Crippen LogP contribution in [0.15, 0.2) is 24.3 Å². The van der Waals surface area contributed by atoms with Crippen LogP contribution in [0.1, 0.15) is 51.5 Å². The highest BCUT2D eigenvalue weighted by molar-refractivity contribution is 7.90. The van der Waals surface area contributed by atoms with Crippen molar-refractivity contribution in [2.24, 2.45) is 0 Å². The number of hydrogen-bond acceptors (Lipinski definition) is 4. The minimum absolute atomic E-state index is 0.0225. The van der Waals surface area contributed by atoms with Crippen molar-refractivity contribution in [1.29, 1.82) is 0 Å². The first kappa shape index (κ1) is 22.6. The van der Waals surface area contributed by atoms with Crippen molar-refractivity contribution in [3.05, 3.63) is 29.8 Å². The lowest BCUT2D eigenvalue weighted by Gasteiger charge is -2.15. The number of sulfonamides is 1. The standard InChI is InChI=1S/C19H33N3O3S/c1-15(2)26(24,25)20-14-16(3)17-9-11-18(12-10-17)21-19(23)8-6-7-13-22(4)5/h9-12,15-16,20H,6-8,13-14H2,1-5H3,(H,21,23). The second-order valence-electron chi connectivity index (χ2n) is 7.27. The van der Waals surface area contributed by atoms with Gasteiger partial charge in [-0.25, -0.2) is 13.1 Å². The minimum Gasteiger partial charge on any atom is -0.326 e. The Morgan fingerprint density at radius 3 is 2.23 bits per heavy atom. The van der Waals surface area contributed by atoms with Crippen LogP contribution in [-0.2, 0) is 14.8 Å². The third kappa shape index (κ3) is 8.29. The van der Waals surface area contributed by atoms with Gasteiger partial charge in [0.1, 0.15) is 0 Å². The third-order valence-corrected chi connectivity index (χ3v) is 6.04. The molecule has 6 nitrogen and oxygen atoms in total. The van der Waals surface area contributed by atoms with Crippen LogP contribution in [-0.4, -0.2) is 51.7 Å². The Morgan fingerprint density at radius 2 is 1.69 bits per heavy atom. The Hall–Kier alpha value is -1.44. The Kier molecular flexibility index (Phi) is 9.25. The summed E-state index contributed by atoms with van der Waals surface area (Å²) in [6, 6.07) is 7.58. The van der Waals surface area contributed by atoms with Gasteiger partial charge in [-0.2, -0.15) is 0 Å². The Labute approximate surface area is 158 Å². The molecule has 0 spiro atoms. The summed E-state index contributed by atoms with van der Waals surface area (Å²) in [6.07, 6.45) is 2.39. The number of amides is 1. The molecule has 7 heteroatoms. The van der Waals surface area contributed by atoms with Crippen molar-refractivity contribution in [3.8, 4) is 0 Å². The van der Waals surface area contributed by atoms with E-state index in [0.717, 1.165) is 30.6 Å². The summed E-state index contributed by atoms with van der Waals surface area (Å²) in [5, 5.41) is 2.46. The van der Waals surface area contributed by atoms with Crippen LogP contribution in [0.25, 0.3) is 0 Å². The molecular formula is C19H33N3O3S. The molecule has 0 bridgehead atoms. The topological polar surface area (TPSA) is 78.5 Å². The van der Waals surface area contributed by atoms with Gasteiger partial charge in [-0.15, -0.1) is 0 Å². The van der Waals surface area contributed by atoms with E-state index in [2.05, 4.69) is 14.9 Å². The molecule has 1 rings (SSSR count). The largest absolute Gasteiger partial charge is 0.326 e. The number of nitrogens with one attached hydrogen (secondary N) is 2. The van der Waals surface area contributed by atoms with Gasteiger partial charge >= 0.3 is 0 Å². The molecule has 0 fully saturated rings. The summed E-state index contributed by atoms with van der Waals surface area (Å²) in [7, 11) is 0.796. The quantitative estimate of drug-likeness (QED) is 0.576. The number of unbranched alkanes of at least 4 members (excludes halogenated alkanes) is 1. The van der Waals surface area contributed by atoms with Gasteiger partial charge in [0, 0.05) is 18.7 Å². The molecule has 2 N–H and O–H groups in total. The van der Waals surface area contributed by atoms with E-state index in [0.29, 0.717) is 13.0 Å². The maximum absolute atomic E-state index is 12.0. The van der Waals surface area contributed by atoms with E-state index in [-0.39, 0.29) is 11.8 Å². The van der Waals surface area contributed by atoms with Gasteiger partial charge in [0.05, 0.1) is 5.25 Å². The maximum atomic E-state index is 12.0. The van der Waals surface area contributed by atoms with E-state index in [4.69, 9.17) is 0 Å². The summed E-state index contributed by atoms with van der Waals surface area (Å²) in [4.78, 5) is 14.1. The predicted octanol–water partition coefficient (Wildman–Crippen LogP) is 2.79. The number of carbonyl (C=O) groups is 1. The lowest BCUT2D eigenvalue weighted by atomic mass is 10.0. The van der Waals surface area contributed by atoms with Gasteiger partial charge in [-0.3, -0.25) is 4.79 Å². The van der Waals surface area contributed by atoms with E-state index in [1.807, 2.05) is 45.3 Å². The molecular weight excluding hydrogens is 350 g/mol. The van der Waals surface area contributed by atoms with Crippen LogP contribution in [0.2, 0.25) is 0 Å². The molecule has 0 saturated carbocycles. The molecule has 1 amide bonds. The molecule has 1 aromatic rings. The van der Waals surface area contributed by atoms with Crippen LogP contribution in [0.3, 0.4) is 0 Å². The molecule has 0 heterocycles. The molecule has 0 aliphatic heterocycles. The van der Waals surface area contributed by atoms with Crippen molar-refractivity contribution in [1.82, 2.24) is 9.62 Å². The summed E-state index contributed by atoms with van der Waals surface area (Å²) in [6.45, 7) is 6.63. The summed E-state index contributed by atoms with van der Waals surface area (Å²) in [5.41, 5.74) is 1.79. The van der Waals surface area contributed by atoms with Crippen LogP contribution in [0, 0.1) is 0 Å². The van der Waals surface area contributed by atoms with E-state index in [1.165, 1.54) is 0 Å². The zero-order valence-electron chi connectivity index (χ0n) is 16.6. The van der Waals surface area contributed by atoms with Gasteiger partial charge in [-0.05, 0) is 70.9 Å². The fraction of sp³-hybridized carbons (Fsp3) is 0.632. The molecule has 1 aromatic carbocycles. The van der Waals surface area contributed by atoms with Crippen molar-refractivity contribution < 1.29 is 13.2 Å². The van der Waals surface area contributed by atoms with E-state index in [1.54, 1.807) is 13.8 Å². The molecule has 26 heavy (non-hydrogen) atoms. The summed E-state index contributed by atoms with van der Waals surface area (Å²) in [5.74, 6) is 0.0774. The molecule has 0 radical (unpaired) electrons. The van der Waals surface area contributed by atoms with Gasteiger partial charge < -0.3 is 10.2 Å². The van der Waals surface area contributed by atoms with Crippen molar-refractivity contribution in [2.75, 3.05) is 32.5 Å². The molecule has 1 unspecified atom stereocenters. The second kappa shape index (κ2) is 10.6. The molecule has 1 atom stereocenters. The smallest absolute Gasteiger partial charge is 0.224 e. The predicted molar refractivity (Wildman–Crippen MR) is 108 cm³/mol. The average molecular weight is 384 g/mol. The maximum Gasteiger partial charge on any atom is 0.224 e. The van der Waals surface area contributed by atoms with Gasteiger partial charge in [0.25, 0.3) is 0 Å². The average Bonchev–Trinajstić information content (AvgIpc) is 2.57. The normalized spacial score (nSPS) is 13.2. The molecule has 0 saturated heterocycles. The van der Waals surface area contributed by atoms with E-state index < -0.39 is 15.3 Å². The fourth-order valence-electron chi connectivity index (χ4n) is 2.36. The first-order chi connectivity index (χ1) is 12.1. The third-order valence-electron chi connectivity index (χ3n) is 4.23. The van der Waals surface area contributed by atoms with Crippen molar-refractivity contribution in [3.63, 3.8) is 0 Å². The highest BCUT2D eigenvalue weighted by Gasteiger charge is 2.17. The first-order valence-corrected chi connectivity index (χ1v) is 10.7. The number of benzene rings is 1. The molecule has 0 aromatic heterocycles. The molecule has 148 valence electrons. The number of hydrogen-bond donors (Lipinski definition) is 2. The number of carbonyl (C=O) groups excluding carboxylic acids is 1. The van der Waals surface area contributed by atoms with E-state index >= 15 is 0 Å². The zero-order valence-corrected chi connectivity index (χ0v) is 17.4. The monoisotopic (exact) mass is 383 g/mol. The Balaban J connectivity index is 2.46. The summed E-state index contributed by atoms with van der Waals surface area (Å²) < 4.78 is 26.3. The number of nitrogens with zero attached hydrogens (tertiary/aromatic N) is 1. The van der Waals surface area contributed by atoms with Crippen LogP contribution >= 0.6 is 0 Å². The van der Waals surface area contributed by atoms with Crippen LogP contribution in [0.4, 0.5) is 5.69 Å². The van der Waals surface area contributed by atoms with E-state index in [9.17, 15) is 13.2 Å². The highest BCUT2D eigenvalue weighted by atomic mass is 32.2. The van der Waals surface area contributed by atoms with Gasteiger partial charge in [-0.1, -0.05) is 19.1 Å². The van der Waals surface area contributed by atoms with Crippen LogP contribution in [0.5, 0.6) is 0 Å². The lowest BCUT2D eigenvalue weighted by Crippen LogP contribution is -2.33. The Morgan fingerprint density at radius 1 is 1.08 bits per heavy atom. The van der Waals surface area contributed by atoms with Crippen molar-refractivity contribution in [2.45, 2.75) is 51.2 Å².